The fourth-order valence-electron chi connectivity index (χ4n) is 3.25. The number of benzene rings is 1. The number of carbonyl (C=O) groups is 1. The van der Waals surface area contributed by atoms with Crippen LogP contribution in [0.3, 0.4) is 0 Å². The van der Waals surface area contributed by atoms with Crippen molar-refractivity contribution in [2.24, 2.45) is 0 Å². The van der Waals surface area contributed by atoms with Gasteiger partial charge in [0, 0.05) is 38.1 Å². The summed E-state index contributed by atoms with van der Waals surface area (Å²) in [5.74, 6) is 1.61. The molecule has 1 aromatic carbocycles. The molecule has 4 rings (SSSR count). The summed E-state index contributed by atoms with van der Waals surface area (Å²) in [7, 11) is 1.64. The molecule has 1 N–H and O–H groups in total. The maximum atomic E-state index is 12.4. The van der Waals surface area contributed by atoms with Crippen LogP contribution in [0.5, 0.6) is 5.75 Å². The molecule has 1 saturated heterocycles. The van der Waals surface area contributed by atoms with Gasteiger partial charge in [-0.25, -0.2) is 9.78 Å². The summed E-state index contributed by atoms with van der Waals surface area (Å²) < 4.78 is 10.6. The number of urea groups is 1. The van der Waals surface area contributed by atoms with E-state index >= 15 is 0 Å². The molecule has 152 valence electrons. The van der Waals surface area contributed by atoms with E-state index in [1.807, 2.05) is 46.7 Å². The van der Waals surface area contributed by atoms with Gasteiger partial charge in [0.05, 0.1) is 19.9 Å². The highest BCUT2D eigenvalue weighted by molar-refractivity contribution is 7.09. The molecule has 0 bridgehead atoms. The minimum absolute atomic E-state index is 0.0187. The average Bonchev–Trinajstić information content (AvgIpc) is 3.45. The number of rotatable bonds is 6. The molecular formula is C21H24N4O3S. The molecule has 29 heavy (non-hydrogen) atoms. The average molecular weight is 413 g/mol. The number of ether oxygens (including phenoxy) is 1. The third-order valence-electron chi connectivity index (χ3n) is 4.95. The van der Waals surface area contributed by atoms with Crippen LogP contribution in [0.25, 0.3) is 11.5 Å². The van der Waals surface area contributed by atoms with Gasteiger partial charge in [0.15, 0.2) is 5.76 Å². The number of aromatic nitrogens is 1. The van der Waals surface area contributed by atoms with Crippen molar-refractivity contribution >= 4 is 17.4 Å². The monoisotopic (exact) mass is 412 g/mol. The first-order valence-electron chi connectivity index (χ1n) is 9.57. The van der Waals surface area contributed by atoms with Gasteiger partial charge in [0.25, 0.3) is 0 Å². The van der Waals surface area contributed by atoms with Crippen molar-refractivity contribution in [1.29, 1.82) is 0 Å². The first-order valence-corrected chi connectivity index (χ1v) is 10.5. The lowest BCUT2D eigenvalue weighted by atomic mass is 10.2. The highest BCUT2D eigenvalue weighted by Crippen LogP contribution is 2.23. The van der Waals surface area contributed by atoms with E-state index < -0.39 is 0 Å². The quantitative estimate of drug-likeness (QED) is 0.672. The standard InChI is InChI=1S/C21H24N4O3S/c1-27-17-6-4-16(5-7-17)13-22-21(26)25-10-8-24(9-11-25)14-20-23-18(15-29-20)19-3-2-12-28-19/h2-7,12,15H,8-11,13-14H2,1H3,(H,22,26). The highest BCUT2D eigenvalue weighted by atomic mass is 32.1. The normalized spacial score (nSPS) is 14.7. The zero-order valence-electron chi connectivity index (χ0n) is 16.3. The number of hydrogen-bond acceptors (Lipinski definition) is 6. The van der Waals surface area contributed by atoms with Crippen LogP contribution in [-0.2, 0) is 13.1 Å². The molecule has 1 fully saturated rings. The van der Waals surface area contributed by atoms with Crippen LogP contribution in [0.15, 0.2) is 52.5 Å². The summed E-state index contributed by atoms with van der Waals surface area (Å²) in [4.78, 5) is 21.3. The molecule has 0 spiro atoms. The first kappa shape index (κ1) is 19.5. The van der Waals surface area contributed by atoms with E-state index in [1.165, 1.54) is 0 Å². The topological polar surface area (TPSA) is 70.8 Å². The second-order valence-corrected chi connectivity index (χ2v) is 7.82. The molecule has 1 aliphatic heterocycles. The van der Waals surface area contributed by atoms with Crippen molar-refractivity contribution in [1.82, 2.24) is 20.1 Å². The molecule has 2 aromatic heterocycles. The van der Waals surface area contributed by atoms with Crippen molar-refractivity contribution in [3.05, 3.63) is 58.6 Å². The molecule has 3 aromatic rings. The molecule has 0 saturated carbocycles. The van der Waals surface area contributed by atoms with E-state index in [2.05, 4.69) is 15.2 Å². The number of nitrogens with one attached hydrogen (secondary N) is 1. The predicted molar refractivity (Wildman–Crippen MR) is 112 cm³/mol. The molecule has 0 radical (unpaired) electrons. The van der Waals surface area contributed by atoms with Crippen LogP contribution in [-0.4, -0.2) is 54.1 Å². The van der Waals surface area contributed by atoms with Gasteiger partial charge in [-0.2, -0.15) is 0 Å². The predicted octanol–water partition coefficient (Wildman–Crippen LogP) is 3.44. The van der Waals surface area contributed by atoms with Crippen molar-refractivity contribution in [3.8, 4) is 17.2 Å². The number of thiazole rings is 1. The summed E-state index contributed by atoms with van der Waals surface area (Å²) >= 11 is 1.64. The third-order valence-corrected chi connectivity index (χ3v) is 5.78. The Labute approximate surface area is 173 Å². The van der Waals surface area contributed by atoms with Crippen LogP contribution < -0.4 is 10.1 Å². The smallest absolute Gasteiger partial charge is 0.317 e. The van der Waals surface area contributed by atoms with E-state index in [0.717, 1.165) is 47.4 Å². The Morgan fingerprint density at radius 2 is 2.00 bits per heavy atom. The van der Waals surface area contributed by atoms with E-state index in [4.69, 9.17) is 9.15 Å². The molecule has 0 atom stereocenters. The zero-order chi connectivity index (χ0) is 20.1. The van der Waals surface area contributed by atoms with E-state index in [9.17, 15) is 4.79 Å². The second kappa shape index (κ2) is 9.11. The number of amides is 2. The molecule has 1 aliphatic rings. The van der Waals surface area contributed by atoms with E-state index in [-0.39, 0.29) is 6.03 Å². The molecule has 2 amide bonds. The van der Waals surface area contributed by atoms with Gasteiger partial charge in [0.2, 0.25) is 0 Å². The van der Waals surface area contributed by atoms with Gasteiger partial charge in [-0.3, -0.25) is 4.90 Å². The molecule has 7 nitrogen and oxygen atoms in total. The van der Waals surface area contributed by atoms with E-state index in [0.29, 0.717) is 19.6 Å². The van der Waals surface area contributed by atoms with Crippen molar-refractivity contribution in [2.45, 2.75) is 13.1 Å². The summed E-state index contributed by atoms with van der Waals surface area (Å²) in [6.07, 6.45) is 1.66. The van der Waals surface area contributed by atoms with Gasteiger partial charge < -0.3 is 19.4 Å². The molecule has 0 aliphatic carbocycles. The Balaban J connectivity index is 1.22. The lowest BCUT2D eigenvalue weighted by Gasteiger charge is -2.34. The lowest BCUT2D eigenvalue weighted by molar-refractivity contribution is 0.135. The van der Waals surface area contributed by atoms with Gasteiger partial charge in [0.1, 0.15) is 16.5 Å². The number of piperazine rings is 1. The van der Waals surface area contributed by atoms with Gasteiger partial charge in [-0.05, 0) is 29.8 Å². The molecular weight excluding hydrogens is 388 g/mol. The molecule has 3 heterocycles. The van der Waals surface area contributed by atoms with Gasteiger partial charge >= 0.3 is 6.03 Å². The summed E-state index contributed by atoms with van der Waals surface area (Å²) in [6, 6.07) is 11.5. The van der Waals surface area contributed by atoms with Crippen LogP contribution in [0.4, 0.5) is 4.79 Å². The summed E-state index contributed by atoms with van der Waals surface area (Å²) in [5, 5.41) is 6.09. The Hall–Kier alpha value is -2.84. The minimum Gasteiger partial charge on any atom is -0.497 e. The number of hydrogen-bond donors (Lipinski definition) is 1. The highest BCUT2D eigenvalue weighted by Gasteiger charge is 2.21. The van der Waals surface area contributed by atoms with E-state index in [1.54, 1.807) is 24.7 Å². The largest absolute Gasteiger partial charge is 0.497 e. The number of carbonyl (C=O) groups excluding carboxylic acids is 1. The fraction of sp³-hybridized carbons (Fsp3) is 0.333. The van der Waals surface area contributed by atoms with Gasteiger partial charge in [-0.1, -0.05) is 12.1 Å². The maximum absolute atomic E-state index is 12.4. The first-order chi connectivity index (χ1) is 14.2. The Bertz CT molecular complexity index is 916. The van der Waals surface area contributed by atoms with Crippen molar-refractivity contribution in [2.75, 3.05) is 33.3 Å². The van der Waals surface area contributed by atoms with Crippen molar-refractivity contribution < 1.29 is 13.9 Å². The number of furan rings is 1. The summed E-state index contributed by atoms with van der Waals surface area (Å²) in [6.45, 7) is 4.41. The SMILES string of the molecule is COc1ccc(CNC(=O)N2CCN(Cc3nc(-c4ccco4)cs3)CC2)cc1. The van der Waals surface area contributed by atoms with Gasteiger partial charge in [-0.15, -0.1) is 11.3 Å². The number of nitrogens with zero attached hydrogens (tertiary/aromatic N) is 3. The maximum Gasteiger partial charge on any atom is 0.317 e. The van der Waals surface area contributed by atoms with Crippen LogP contribution >= 0.6 is 11.3 Å². The van der Waals surface area contributed by atoms with Crippen LogP contribution in [0, 0.1) is 0 Å². The van der Waals surface area contributed by atoms with Crippen LogP contribution in [0.2, 0.25) is 0 Å². The third kappa shape index (κ3) is 4.96. The zero-order valence-corrected chi connectivity index (χ0v) is 17.2. The fourth-order valence-corrected chi connectivity index (χ4v) is 4.08. The van der Waals surface area contributed by atoms with Crippen molar-refractivity contribution in [3.63, 3.8) is 0 Å². The Morgan fingerprint density at radius 1 is 1.21 bits per heavy atom. The summed E-state index contributed by atoms with van der Waals surface area (Å²) in [5.41, 5.74) is 1.93. The second-order valence-electron chi connectivity index (χ2n) is 6.87. The Kier molecular flexibility index (Phi) is 6.12. The number of methoxy groups -OCH3 is 1. The molecule has 8 heteroatoms. The minimum atomic E-state index is -0.0187. The molecule has 0 unspecified atom stereocenters. The lowest BCUT2D eigenvalue weighted by Crippen LogP contribution is -2.51. The van der Waals surface area contributed by atoms with Crippen LogP contribution in [0.1, 0.15) is 10.6 Å². The Morgan fingerprint density at radius 3 is 2.69 bits per heavy atom.